The van der Waals surface area contributed by atoms with E-state index in [4.69, 9.17) is 19.3 Å². The van der Waals surface area contributed by atoms with E-state index in [2.05, 4.69) is 10.6 Å². The number of ether oxygens (including phenoxy) is 3. The molecule has 0 saturated heterocycles. The summed E-state index contributed by atoms with van der Waals surface area (Å²) in [6, 6.07) is 4.74. The van der Waals surface area contributed by atoms with Crippen LogP contribution in [0.25, 0.3) is 0 Å². The molecular weight excluding hydrogens is 264 g/mol. The molecule has 0 aliphatic rings. The van der Waals surface area contributed by atoms with E-state index in [0.717, 1.165) is 0 Å². The molecule has 0 saturated carbocycles. The second-order valence-electron chi connectivity index (χ2n) is 3.79. The van der Waals surface area contributed by atoms with E-state index in [1.807, 2.05) is 0 Å². The first-order valence-corrected chi connectivity index (χ1v) is 6.16. The highest BCUT2D eigenvalue weighted by atomic mass is 16.5. The average molecular weight is 284 g/mol. The highest BCUT2D eigenvalue weighted by molar-refractivity contribution is 5.89. The Hall–Kier alpha value is -1.99. The minimum atomic E-state index is -0.343. The number of amides is 2. The minimum absolute atomic E-state index is 0.0299. The van der Waals surface area contributed by atoms with E-state index in [1.54, 1.807) is 25.3 Å². The van der Waals surface area contributed by atoms with Crippen molar-refractivity contribution in [1.82, 2.24) is 5.32 Å². The van der Waals surface area contributed by atoms with Gasteiger partial charge in [-0.05, 0) is 12.1 Å². The number of benzene rings is 1. The van der Waals surface area contributed by atoms with E-state index in [0.29, 0.717) is 30.3 Å². The Bertz CT molecular complexity index is 425. The zero-order valence-electron chi connectivity index (χ0n) is 11.6. The lowest BCUT2D eigenvalue weighted by Gasteiger charge is -2.11. The SMILES string of the molecule is COc1ccc(NC(=O)NCCOCCO)cc1OC. The fourth-order valence-corrected chi connectivity index (χ4v) is 1.49. The highest BCUT2D eigenvalue weighted by Crippen LogP contribution is 2.29. The molecular formula is C13H20N2O5. The molecule has 7 heteroatoms. The fourth-order valence-electron chi connectivity index (χ4n) is 1.49. The third kappa shape index (κ3) is 5.33. The molecule has 0 radical (unpaired) electrons. The predicted octanol–water partition coefficient (Wildman–Crippen LogP) is 0.834. The van der Waals surface area contributed by atoms with Gasteiger partial charge >= 0.3 is 6.03 Å². The number of hydrogen-bond donors (Lipinski definition) is 3. The van der Waals surface area contributed by atoms with E-state index >= 15 is 0 Å². The molecule has 7 nitrogen and oxygen atoms in total. The molecule has 2 amide bonds. The molecule has 1 aromatic carbocycles. The van der Waals surface area contributed by atoms with Crippen LogP contribution in [0.5, 0.6) is 11.5 Å². The summed E-state index contributed by atoms with van der Waals surface area (Å²) in [7, 11) is 3.07. The summed E-state index contributed by atoms with van der Waals surface area (Å²) in [5.74, 6) is 1.13. The monoisotopic (exact) mass is 284 g/mol. The molecule has 0 fully saturated rings. The molecule has 0 heterocycles. The zero-order chi connectivity index (χ0) is 14.8. The molecule has 0 aliphatic heterocycles. The summed E-state index contributed by atoms with van der Waals surface area (Å²) in [5.41, 5.74) is 0.594. The molecule has 1 rings (SSSR count). The van der Waals surface area contributed by atoms with Crippen LogP contribution in [0.2, 0.25) is 0 Å². The molecule has 0 atom stereocenters. The van der Waals surface area contributed by atoms with Gasteiger partial charge in [0.2, 0.25) is 0 Å². The Labute approximate surface area is 117 Å². The Morgan fingerprint density at radius 1 is 1.20 bits per heavy atom. The van der Waals surface area contributed by atoms with Crippen molar-refractivity contribution in [2.75, 3.05) is 45.9 Å². The Morgan fingerprint density at radius 2 is 1.95 bits per heavy atom. The molecule has 3 N–H and O–H groups in total. The number of rotatable bonds is 8. The number of nitrogens with one attached hydrogen (secondary N) is 2. The Kier molecular flexibility index (Phi) is 7.23. The standard InChI is InChI=1S/C13H20N2O5/c1-18-11-4-3-10(9-12(11)19-2)15-13(17)14-5-7-20-8-6-16/h3-4,9,16H,5-8H2,1-2H3,(H2,14,15,17). The van der Waals surface area contributed by atoms with Crippen LogP contribution in [0.4, 0.5) is 10.5 Å². The smallest absolute Gasteiger partial charge is 0.319 e. The molecule has 0 bridgehead atoms. The van der Waals surface area contributed by atoms with Crippen molar-refractivity contribution < 1.29 is 24.1 Å². The summed E-state index contributed by atoms with van der Waals surface area (Å²) >= 11 is 0. The van der Waals surface area contributed by atoms with Gasteiger partial charge in [-0.1, -0.05) is 0 Å². The summed E-state index contributed by atoms with van der Waals surface area (Å²) in [6.07, 6.45) is 0. The van der Waals surface area contributed by atoms with Crippen molar-refractivity contribution in [3.63, 3.8) is 0 Å². The van der Waals surface area contributed by atoms with Crippen molar-refractivity contribution in [2.24, 2.45) is 0 Å². The van der Waals surface area contributed by atoms with Crippen LogP contribution in [0.1, 0.15) is 0 Å². The maximum absolute atomic E-state index is 11.6. The fraction of sp³-hybridized carbons (Fsp3) is 0.462. The van der Waals surface area contributed by atoms with Gasteiger partial charge in [0.05, 0.1) is 34.0 Å². The average Bonchev–Trinajstić information content (AvgIpc) is 2.46. The van der Waals surface area contributed by atoms with Crippen LogP contribution < -0.4 is 20.1 Å². The number of carbonyl (C=O) groups excluding carboxylic acids is 1. The number of urea groups is 1. The number of hydrogen-bond acceptors (Lipinski definition) is 5. The normalized spacial score (nSPS) is 9.95. The molecule has 0 spiro atoms. The van der Waals surface area contributed by atoms with Crippen LogP contribution in [-0.4, -0.2) is 51.7 Å². The summed E-state index contributed by atoms with van der Waals surface area (Å²) in [4.78, 5) is 11.6. The van der Waals surface area contributed by atoms with E-state index in [-0.39, 0.29) is 19.2 Å². The Morgan fingerprint density at radius 3 is 2.60 bits per heavy atom. The first kappa shape index (κ1) is 16.1. The molecule has 0 aromatic heterocycles. The number of aliphatic hydroxyl groups excluding tert-OH is 1. The molecule has 0 aliphatic carbocycles. The quantitative estimate of drug-likeness (QED) is 0.615. The lowest BCUT2D eigenvalue weighted by Crippen LogP contribution is -2.31. The van der Waals surface area contributed by atoms with Gasteiger partial charge in [0.15, 0.2) is 11.5 Å². The summed E-state index contributed by atoms with van der Waals surface area (Å²) < 4.78 is 15.3. The van der Waals surface area contributed by atoms with E-state index in [9.17, 15) is 4.79 Å². The van der Waals surface area contributed by atoms with Gasteiger partial charge < -0.3 is 30.0 Å². The van der Waals surface area contributed by atoms with Gasteiger partial charge in [0, 0.05) is 18.3 Å². The van der Waals surface area contributed by atoms with Crippen LogP contribution in [0, 0.1) is 0 Å². The second-order valence-corrected chi connectivity index (χ2v) is 3.79. The van der Waals surface area contributed by atoms with Crippen LogP contribution in [-0.2, 0) is 4.74 Å². The number of aliphatic hydroxyl groups is 1. The maximum Gasteiger partial charge on any atom is 0.319 e. The van der Waals surface area contributed by atoms with Gasteiger partial charge in [-0.15, -0.1) is 0 Å². The van der Waals surface area contributed by atoms with Crippen LogP contribution in [0.15, 0.2) is 18.2 Å². The van der Waals surface area contributed by atoms with Crippen molar-refractivity contribution in [3.05, 3.63) is 18.2 Å². The number of carbonyl (C=O) groups is 1. The predicted molar refractivity (Wildman–Crippen MR) is 74.5 cm³/mol. The maximum atomic E-state index is 11.6. The summed E-state index contributed by atoms with van der Waals surface area (Å²) in [5, 5.41) is 13.8. The van der Waals surface area contributed by atoms with Crippen molar-refractivity contribution in [3.8, 4) is 11.5 Å². The van der Waals surface area contributed by atoms with E-state index in [1.165, 1.54) is 7.11 Å². The topological polar surface area (TPSA) is 89.1 Å². The lowest BCUT2D eigenvalue weighted by molar-refractivity contribution is 0.0950. The van der Waals surface area contributed by atoms with E-state index < -0.39 is 0 Å². The number of methoxy groups -OCH3 is 2. The van der Waals surface area contributed by atoms with Crippen LogP contribution >= 0.6 is 0 Å². The van der Waals surface area contributed by atoms with Crippen molar-refractivity contribution in [1.29, 1.82) is 0 Å². The van der Waals surface area contributed by atoms with Crippen molar-refractivity contribution >= 4 is 11.7 Å². The highest BCUT2D eigenvalue weighted by Gasteiger charge is 2.06. The lowest BCUT2D eigenvalue weighted by atomic mass is 10.3. The zero-order valence-corrected chi connectivity index (χ0v) is 11.6. The molecule has 0 unspecified atom stereocenters. The summed E-state index contributed by atoms with van der Waals surface area (Å²) in [6.45, 7) is 0.940. The number of anilines is 1. The van der Waals surface area contributed by atoms with Gasteiger partial charge in [-0.3, -0.25) is 0 Å². The van der Waals surface area contributed by atoms with Gasteiger partial charge in [0.25, 0.3) is 0 Å². The second kappa shape index (κ2) is 9.00. The van der Waals surface area contributed by atoms with Gasteiger partial charge in [-0.25, -0.2) is 4.79 Å². The molecule has 112 valence electrons. The van der Waals surface area contributed by atoms with Gasteiger partial charge in [-0.2, -0.15) is 0 Å². The minimum Gasteiger partial charge on any atom is -0.493 e. The first-order valence-electron chi connectivity index (χ1n) is 6.16. The van der Waals surface area contributed by atoms with Crippen LogP contribution in [0.3, 0.4) is 0 Å². The largest absolute Gasteiger partial charge is 0.493 e. The third-order valence-corrected chi connectivity index (χ3v) is 2.41. The molecule has 1 aromatic rings. The Balaban J connectivity index is 2.41. The molecule has 20 heavy (non-hydrogen) atoms. The van der Waals surface area contributed by atoms with Gasteiger partial charge in [0.1, 0.15) is 0 Å². The third-order valence-electron chi connectivity index (χ3n) is 2.41. The first-order chi connectivity index (χ1) is 9.71. The van der Waals surface area contributed by atoms with Crippen molar-refractivity contribution in [2.45, 2.75) is 0 Å².